The lowest BCUT2D eigenvalue weighted by Crippen LogP contribution is -2.33. The summed E-state index contributed by atoms with van der Waals surface area (Å²) < 4.78 is 10.6. The molecular formula is C16H23NO5. The van der Waals surface area contributed by atoms with E-state index in [1.165, 1.54) is 0 Å². The summed E-state index contributed by atoms with van der Waals surface area (Å²) in [5.74, 6) is -0.187. The van der Waals surface area contributed by atoms with Gasteiger partial charge in [0.2, 0.25) is 0 Å². The molecule has 2 N–H and O–H groups in total. The molecule has 0 radical (unpaired) electrons. The number of amides is 1. The number of aliphatic carboxylic acids is 1. The van der Waals surface area contributed by atoms with E-state index >= 15 is 0 Å². The number of carboxylic acids is 1. The van der Waals surface area contributed by atoms with Crippen LogP contribution in [0.1, 0.15) is 32.8 Å². The number of hydrogen-bond acceptors (Lipinski definition) is 4. The van der Waals surface area contributed by atoms with Gasteiger partial charge >= 0.3 is 12.1 Å². The Labute approximate surface area is 130 Å². The molecule has 122 valence electrons. The standard InChI is InChI=1S/C16H23NO5/c1-16(2,3)22-15(20)17-9-4-10-21-13-7-5-12(6-8-13)11-14(18)19/h5-8H,4,9-11H2,1-3H3,(H,17,20)(H,18,19). The average molecular weight is 309 g/mol. The van der Waals surface area contributed by atoms with Gasteiger partial charge in [-0.3, -0.25) is 4.79 Å². The van der Waals surface area contributed by atoms with E-state index in [0.29, 0.717) is 25.3 Å². The molecule has 0 unspecified atom stereocenters. The number of carbonyl (C=O) groups excluding carboxylic acids is 1. The first kappa shape index (κ1) is 17.8. The fraction of sp³-hybridized carbons (Fsp3) is 0.500. The predicted octanol–water partition coefficient (Wildman–Crippen LogP) is 2.61. The summed E-state index contributed by atoms with van der Waals surface area (Å²) in [6.45, 7) is 6.34. The second kappa shape index (κ2) is 8.26. The van der Waals surface area contributed by atoms with Crippen molar-refractivity contribution < 1.29 is 24.2 Å². The number of ether oxygens (including phenoxy) is 2. The number of carboxylic acid groups (broad SMARTS) is 1. The Morgan fingerprint density at radius 2 is 1.82 bits per heavy atom. The molecule has 6 nitrogen and oxygen atoms in total. The first-order valence-corrected chi connectivity index (χ1v) is 7.16. The Hall–Kier alpha value is -2.24. The molecule has 6 heteroatoms. The Kier molecular flexibility index (Phi) is 6.69. The third-order valence-corrected chi connectivity index (χ3v) is 2.54. The van der Waals surface area contributed by atoms with E-state index in [2.05, 4.69) is 5.32 Å². The zero-order chi connectivity index (χ0) is 16.6. The molecule has 1 aromatic rings. The van der Waals surface area contributed by atoms with E-state index in [1.807, 2.05) is 20.8 Å². The molecule has 1 rings (SSSR count). The van der Waals surface area contributed by atoms with Crippen LogP contribution >= 0.6 is 0 Å². The van der Waals surface area contributed by atoms with Gasteiger partial charge in [0.1, 0.15) is 11.4 Å². The minimum atomic E-state index is -0.859. The van der Waals surface area contributed by atoms with Gasteiger partial charge in [0.05, 0.1) is 13.0 Å². The number of benzene rings is 1. The number of rotatable bonds is 7. The molecule has 1 aromatic carbocycles. The number of alkyl carbamates (subject to hydrolysis) is 1. The van der Waals surface area contributed by atoms with Crippen LogP contribution in [0, 0.1) is 0 Å². The maximum atomic E-state index is 11.4. The van der Waals surface area contributed by atoms with Gasteiger partial charge in [-0.25, -0.2) is 4.79 Å². The quantitative estimate of drug-likeness (QED) is 0.756. The second-order valence-corrected chi connectivity index (χ2v) is 5.85. The molecule has 0 aliphatic rings. The van der Waals surface area contributed by atoms with Crippen LogP contribution in [0.2, 0.25) is 0 Å². The second-order valence-electron chi connectivity index (χ2n) is 5.85. The highest BCUT2D eigenvalue weighted by molar-refractivity contribution is 5.70. The highest BCUT2D eigenvalue weighted by Gasteiger charge is 2.15. The zero-order valence-electron chi connectivity index (χ0n) is 13.2. The lowest BCUT2D eigenvalue weighted by atomic mass is 10.1. The lowest BCUT2D eigenvalue weighted by molar-refractivity contribution is -0.136. The molecule has 0 aliphatic heterocycles. The highest BCUT2D eigenvalue weighted by Crippen LogP contribution is 2.12. The maximum Gasteiger partial charge on any atom is 0.407 e. The van der Waals surface area contributed by atoms with Crippen LogP contribution in [0.5, 0.6) is 5.75 Å². The Morgan fingerprint density at radius 3 is 2.36 bits per heavy atom. The first-order valence-electron chi connectivity index (χ1n) is 7.16. The fourth-order valence-electron chi connectivity index (χ4n) is 1.64. The summed E-state index contributed by atoms with van der Waals surface area (Å²) in [6.07, 6.45) is 0.210. The summed E-state index contributed by atoms with van der Waals surface area (Å²) in [7, 11) is 0. The summed E-state index contributed by atoms with van der Waals surface area (Å²) in [6, 6.07) is 6.92. The van der Waals surface area contributed by atoms with Crippen molar-refractivity contribution in [3.05, 3.63) is 29.8 Å². The molecule has 22 heavy (non-hydrogen) atoms. The van der Waals surface area contributed by atoms with Crippen molar-refractivity contribution in [3.8, 4) is 5.75 Å². The van der Waals surface area contributed by atoms with Crippen molar-refractivity contribution in [2.75, 3.05) is 13.2 Å². The summed E-state index contributed by atoms with van der Waals surface area (Å²) in [5, 5.41) is 11.3. The normalized spacial score (nSPS) is 10.9. The number of hydrogen-bond donors (Lipinski definition) is 2. The molecule has 0 aliphatic carbocycles. The largest absolute Gasteiger partial charge is 0.494 e. The van der Waals surface area contributed by atoms with Crippen LogP contribution in [-0.4, -0.2) is 35.9 Å². The van der Waals surface area contributed by atoms with Gasteiger partial charge in [-0.2, -0.15) is 0 Å². The molecule has 0 fully saturated rings. The minimum absolute atomic E-state index is 0.0000877. The van der Waals surface area contributed by atoms with Gasteiger partial charge in [0.15, 0.2) is 0 Å². The van der Waals surface area contributed by atoms with E-state index < -0.39 is 17.7 Å². The van der Waals surface area contributed by atoms with Crippen molar-refractivity contribution in [1.29, 1.82) is 0 Å². The van der Waals surface area contributed by atoms with Gasteiger partial charge < -0.3 is 19.9 Å². The van der Waals surface area contributed by atoms with Gasteiger partial charge in [0, 0.05) is 6.54 Å². The van der Waals surface area contributed by atoms with E-state index in [9.17, 15) is 9.59 Å². The van der Waals surface area contributed by atoms with Crippen LogP contribution in [0.4, 0.5) is 4.79 Å². The summed E-state index contributed by atoms with van der Waals surface area (Å²) >= 11 is 0. The van der Waals surface area contributed by atoms with Crippen molar-refractivity contribution in [2.24, 2.45) is 0 Å². The van der Waals surface area contributed by atoms with Crippen LogP contribution in [0.3, 0.4) is 0 Å². The minimum Gasteiger partial charge on any atom is -0.494 e. The van der Waals surface area contributed by atoms with E-state index in [-0.39, 0.29) is 6.42 Å². The molecule has 0 spiro atoms. The Bertz CT molecular complexity index is 490. The zero-order valence-corrected chi connectivity index (χ0v) is 13.2. The van der Waals surface area contributed by atoms with Gasteiger partial charge in [-0.15, -0.1) is 0 Å². The van der Waals surface area contributed by atoms with Crippen LogP contribution in [0.25, 0.3) is 0 Å². The van der Waals surface area contributed by atoms with Gasteiger partial charge in [-0.05, 0) is 44.9 Å². The Morgan fingerprint density at radius 1 is 1.18 bits per heavy atom. The molecule has 0 saturated heterocycles. The maximum absolute atomic E-state index is 11.4. The van der Waals surface area contributed by atoms with Crippen molar-refractivity contribution in [2.45, 2.75) is 39.2 Å². The molecule has 0 bridgehead atoms. The van der Waals surface area contributed by atoms with Crippen molar-refractivity contribution in [3.63, 3.8) is 0 Å². The summed E-state index contributed by atoms with van der Waals surface area (Å²) in [5.41, 5.74) is 0.226. The first-order chi connectivity index (χ1) is 10.3. The smallest absolute Gasteiger partial charge is 0.407 e. The monoisotopic (exact) mass is 309 g/mol. The van der Waals surface area contributed by atoms with Crippen molar-refractivity contribution >= 4 is 12.1 Å². The SMILES string of the molecule is CC(C)(C)OC(=O)NCCCOc1ccc(CC(=O)O)cc1. The highest BCUT2D eigenvalue weighted by atomic mass is 16.6. The predicted molar refractivity (Wildman–Crippen MR) is 82.1 cm³/mol. The molecular weight excluding hydrogens is 286 g/mol. The third-order valence-electron chi connectivity index (χ3n) is 2.54. The molecule has 0 atom stereocenters. The van der Waals surface area contributed by atoms with Crippen molar-refractivity contribution in [1.82, 2.24) is 5.32 Å². The van der Waals surface area contributed by atoms with Crippen LogP contribution in [-0.2, 0) is 16.0 Å². The van der Waals surface area contributed by atoms with Gasteiger partial charge in [-0.1, -0.05) is 12.1 Å². The topological polar surface area (TPSA) is 84.9 Å². The summed E-state index contributed by atoms with van der Waals surface area (Å²) in [4.78, 5) is 22.0. The van der Waals surface area contributed by atoms with E-state index in [4.69, 9.17) is 14.6 Å². The van der Waals surface area contributed by atoms with Crippen LogP contribution < -0.4 is 10.1 Å². The average Bonchev–Trinajstić information content (AvgIpc) is 2.37. The number of carbonyl (C=O) groups is 2. The third kappa shape index (κ3) is 8.14. The van der Waals surface area contributed by atoms with Gasteiger partial charge in [0.25, 0.3) is 0 Å². The van der Waals surface area contributed by atoms with E-state index in [1.54, 1.807) is 24.3 Å². The van der Waals surface area contributed by atoms with E-state index in [0.717, 1.165) is 5.56 Å². The molecule has 0 saturated carbocycles. The molecule has 0 heterocycles. The fourth-order valence-corrected chi connectivity index (χ4v) is 1.64. The lowest BCUT2D eigenvalue weighted by Gasteiger charge is -2.19. The number of nitrogens with one attached hydrogen (secondary N) is 1. The molecule has 1 amide bonds. The molecule has 0 aromatic heterocycles. The Balaban J connectivity index is 2.19. The van der Waals surface area contributed by atoms with Crippen LogP contribution in [0.15, 0.2) is 24.3 Å².